The number of nitrogens with one attached hydrogen (secondary N) is 1. The van der Waals surface area contributed by atoms with Gasteiger partial charge in [0, 0.05) is 11.8 Å². The fourth-order valence-corrected chi connectivity index (χ4v) is 1.80. The zero-order valence-electron chi connectivity index (χ0n) is 11.2. The van der Waals surface area contributed by atoms with Gasteiger partial charge in [0.1, 0.15) is 11.6 Å². The summed E-state index contributed by atoms with van der Waals surface area (Å²) in [5, 5.41) is 2.47. The number of rotatable bonds is 5. The number of amides is 1. The Balaban J connectivity index is 1.77. The summed E-state index contributed by atoms with van der Waals surface area (Å²) in [6, 6.07) is 8.58. The van der Waals surface area contributed by atoms with E-state index in [0.717, 1.165) is 6.08 Å². The van der Waals surface area contributed by atoms with E-state index in [9.17, 15) is 14.0 Å². The Morgan fingerprint density at radius 3 is 2.59 bits per heavy atom. The number of hydrogen-bond acceptors (Lipinski definition) is 4. The lowest BCUT2D eigenvalue weighted by atomic mass is 10.3. The second-order valence-electron chi connectivity index (χ2n) is 4.14. The first-order chi connectivity index (χ1) is 10.5. The van der Waals surface area contributed by atoms with E-state index in [0.29, 0.717) is 16.1 Å². The van der Waals surface area contributed by atoms with Gasteiger partial charge >= 0.3 is 5.97 Å². The van der Waals surface area contributed by atoms with Crippen LogP contribution in [-0.2, 0) is 14.3 Å². The molecule has 22 heavy (non-hydrogen) atoms. The largest absolute Gasteiger partial charge is 0.452 e. The van der Waals surface area contributed by atoms with Crippen molar-refractivity contribution in [1.82, 2.24) is 0 Å². The molecule has 2 rings (SSSR count). The fraction of sp³-hybridized carbons (Fsp3) is 0.0667. The first-order valence-electron chi connectivity index (χ1n) is 6.18. The van der Waals surface area contributed by atoms with Crippen molar-refractivity contribution < 1.29 is 23.1 Å². The van der Waals surface area contributed by atoms with Gasteiger partial charge in [0.15, 0.2) is 11.3 Å². The highest BCUT2D eigenvalue weighted by Gasteiger charge is 2.06. The summed E-state index contributed by atoms with van der Waals surface area (Å²) < 4.78 is 23.2. The van der Waals surface area contributed by atoms with Gasteiger partial charge in [-0.3, -0.25) is 4.79 Å². The zero-order chi connectivity index (χ0) is 15.9. The van der Waals surface area contributed by atoms with Gasteiger partial charge in [0.05, 0.1) is 0 Å². The van der Waals surface area contributed by atoms with E-state index in [-0.39, 0.29) is 0 Å². The minimum Gasteiger partial charge on any atom is -0.452 e. The van der Waals surface area contributed by atoms with Crippen LogP contribution in [-0.4, -0.2) is 18.5 Å². The lowest BCUT2D eigenvalue weighted by Crippen LogP contribution is -2.20. The van der Waals surface area contributed by atoms with E-state index < -0.39 is 24.3 Å². The van der Waals surface area contributed by atoms with Crippen LogP contribution in [0.1, 0.15) is 5.76 Å². The SMILES string of the molecule is O=C(COC(=O)/C=C/c1ccc(Br)o1)Nc1ccc(F)cc1. The second kappa shape index (κ2) is 7.56. The Labute approximate surface area is 133 Å². The molecule has 0 radical (unpaired) electrons. The van der Waals surface area contributed by atoms with Crippen LogP contribution in [0.15, 0.2) is 51.6 Å². The van der Waals surface area contributed by atoms with Crippen LogP contribution in [0.4, 0.5) is 10.1 Å². The van der Waals surface area contributed by atoms with Crippen molar-refractivity contribution in [3.05, 3.63) is 58.7 Å². The smallest absolute Gasteiger partial charge is 0.331 e. The van der Waals surface area contributed by atoms with Crippen molar-refractivity contribution in [3.63, 3.8) is 0 Å². The maximum Gasteiger partial charge on any atom is 0.331 e. The normalized spacial score (nSPS) is 10.6. The van der Waals surface area contributed by atoms with E-state index in [2.05, 4.69) is 21.2 Å². The molecule has 0 aliphatic carbocycles. The van der Waals surface area contributed by atoms with Crippen molar-refractivity contribution >= 4 is 39.6 Å². The number of carbonyl (C=O) groups is 2. The molecule has 0 aliphatic rings. The summed E-state index contributed by atoms with van der Waals surface area (Å²) in [6.45, 7) is -0.442. The fourth-order valence-electron chi connectivity index (χ4n) is 1.48. The van der Waals surface area contributed by atoms with Crippen LogP contribution in [0, 0.1) is 5.82 Å². The highest BCUT2D eigenvalue weighted by atomic mass is 79.9. The molecule has 1 aromatic heterocycles. The molecule has 0 fully saturated rings. The maximum atomic E-state index is 12.7. The van der Waals surface area contributed by atoms with E-state index in [1.165, 1.54) is 30.3 Å². The van der Waals surface area contributed by atoms with Crippen LogP contribution in [0.2, 0.25) is 0 Å². The summed E-state index contributed by atoms with van der Waals surface area (Å²) >= 11 is 3.13. The molecule has 2 aromatic rings. The van der Waals surface area contributed by atoms with Crippen molar-refractivity contribution in [2.24, 2.45) is 0 Å². The summed E-state index contributed by atoms with van der Waals surface area (Å²) in [5.41, 5.74) is 0.415. The first kappa shape index (κ1) is 16.0. The molecular weight excluding hydrogens is 357 g/mol. The number of anilines is 1. The molecule has 5 nitrogen and oxygen atoms in total. The lowest BCUT2D eigenvalue weighted by Gasteiger charge is -2.05. The predicted molar refractivity (Wildman–Crippen MR) is 81.4 cm³/mol. The molecule has 0 atom stereocenters. The van der Waals surface area contributed by atoms with E-state index in [4.69, 9.17) is 9.15 Å². The number of esters is 1. The monoisotopic (exact) mass is 367 g/mol. The third-order valence-corrected chi connectivity index (χ3v) is 2.88. The van der Waals surface area contributed by atoms with Crippen LogP contribution < -0.4 is 5.32 Å². The third-order valence-electron chi connectivity index (χ3n) is 2.45. The molecule has 114 valence electrons. The van der Waals surface area contributed by atoms with Gasteiger partial charge in [0.25, 0.3) is 5.91 Å². The Kier molecular flexibility index (Phi) is 5.48. The number of ether oxygens (including phenoxy) is 1. The third kappa shape index (κ3) is 5.17. The standard InChI is InChI=1S/C15H11BrFNO4/c16-13-7-5-12(22-13)6-8-15(20)21-9-14(19)18-11-3-1-10(17)2-4-11/h1-8H,9H2,(H,18,19)/b8-6+. The summed E-state index contributed by atoms with van der Waals surface area (Å²) in [4.78, 5) is 23.0. The summed E-state index contributed by atoms with van der Waals surface area (Å²) in [6.07, 6.45) is 2.57. The number of furan rings is 1. The van der Waals surface area contributed by atoms with Gasteiger partial charge < -0.3 is 14.5 Å². The molecule has 0 unspecified atom stereocenters. The van der Waals surface area contributed by atoms with Gasteiger partial charge in [-0.25, -0.2) is 9.18 Å². The topological polar surface area (TPSA) is 68.5 Å². The Bertz CT molecular complexity index is 694. The van der Waals surface area contributed by atoms with Gasteiger partial charge in [0.2, 0.25) is 0 Å². The highest BCUT2D eigenvalue weighted by molar-refractivity contribution is 9.10. The molecule has 1 amide bonds. The quantitative estimate of drug-likeness (QED) is 0.649. The van der Waals surface area contributed by atoms with E-state index in [1.807, 2.05) is 0 Å². The van der Waals surface area contributed by atoms with E-state index in [1.54, 1.807) is 12.1 Å². The number of halogens is 2. The van der Waals surface area contributed by atoms with Crippen LogP contribution >= 0.6 is 15.9 Å². The van der Waals surface area contributed by atoms with Gasteiger partial charge in [-0.15, -0.1) is 0 Å². The Morgan fingerprint density at radius 2 is 1.95 bits per heavy atom. The molecular formula is C15H11BrFNO4. The van der Waals surface area contributed by atoms with Crippen molar-refractivity contribution in [2.45, 2.75) is 0 Å². The molecule has 0 saturated heterocycles. The highest BCUT2D eigenvalue weighted by Crippen LogP contribution is 2.15. The summed E-state index contributed by atoms with van der Waals surface area (Å²) in [5.74, 6) is -1.13. The molecule has 7 heteroatoms. The van der Waals surface area contributed by atoms with Crippen molar-refractivity contribution in [1.29, 1.82) is 0 Å². The predicted octanol–water partition coefficient (Wildman–Crippen LogP) is 3.38. The van der Waals surface area contributed by atoms with Crippen molar-refractivity contribution in [3.8, 4) is 0 Å². The first-order valence-corrected chi connectivity index (χ1v) is 6.98. The molecule has 0 bridgehead atoms. The average molecular weight is 368 g/mol. The van der Waals surface area contributed by atoms with Gasteiger partial charge in [-0.1, -0.05) is 0 Å². The molecule has 0 aliphatic heterocycles. The minimum atomic E-state index is -0.679. The van der Waals surface area contributed by atoms with Crippen LogP contribution in [0.5, 0.6) is 0 Å². The van der Waals surface area contributed by atoms with Crippen molar-refractivity contribution in [2.75, 3.05) is 11.9 Å². The number of benzene rings is 1. The number of carbonyl (C=O) groups excluding carboxylic acids is 2. The van der Waals surface area contributed by atoms with Gasteiger partial charge in [-0.05, 0) is 58.4 Å². The molecule has 0 saturated carbocycles. The Hall–Kier alpha value is -2.41. The molecule has 1 heterocycles. The molecule has 0 spiro atoms. The number of hydrogen-bond donors (Lipinski definition) is 1. The average Bonchev–Trinajstić information content (AvgIpc) is 2.91. The van der Waals surface area contributed by atoms with Gasteiger partial charge in [-0.2, -0.15) is 0 Å². The van der Waals surface area contributed by atoms with Crippen LogP contribution in [0.25, 0.3) is 6.08 Å². The zero-order valence-corrected chi connectivity index (χ0v) is 12.8. The van der Waals surface area contributed by atoms with E-state index >= 15 is 0 Å². The molecule has 1 N–H and O–H groups in total. The minimum absolute atomic E-state index is 0.404. The van der Waals surface area contributed by atoms with Crippen LogP contribution in [0.3, 0.4) is 0 Å². The summed E-state index contributed by atoms with van der Waals surface area (Å²) in [7, 11) is 0. The lowest BCUT2D eigenvalue weighted by molar-refractivity contribution is -0.142. The Morgan fingerprint density at radius 1 is 1.23 bits per heavy atom. The second-order valence-corrected chi connectivity index (χ2v) is 4.92. The maximum absolute atomic E-state index is 12.7. The molecule has 1 aromatic carbocycles.